The number of hydrogen-bond acceptors (Lipinski definition) is 3. The van der Waals surface area contributed by atoms with Gasteiger partial charge in [0.05, 0.1) is 12.1 Å². The van der Waals surface area contributed by atoms with Crippen LogP contribution in [0.5, 0.6) is 0 Å². The Morgan fingerprint density at radius 1 is 1.05 bits per heavy atom. The minimum absolute atomic E-state index is 0.131. The van der Waals surface area contributed by atoms with E-state index in [4.69, 9.17) is 5.26 Å². The topological polar surface area (TPSA) is 30.3 Å². The third-order valence-corrected chi connectivity index (χ3v) is 5.00. The van der Waals surface area contributed by atoms with Gasteiger partial charge in [0.2, 0.25) is 0 Å². The fourth-order valence-electron chi connectivity index (χ4n) is 4.05. The van der Waals surface area contributed by atoms with Gasteiger partial charge in [-0.25, -0.2) is 0 Å². The second-order valence-electron chi connectivity index (χ2n) is 6.70. The van der Waals surface area contributed by atoms with E-state index >= 15 is 0 Å². The SMILES string of the molecule is CCC(C#N)N1CCN(C2CC(C)CC(C)C2)CC1. The first-order chi connectivity index (χ1) is 9.13. The first kappa shape index (κ1) is 14.8. The number of hydrogen-bond donors (Lipinski definition) is 0. The Labute approximate surface area is 118 Å². The average Bonchev–Trinajstić information content (AvgIpc) is 2.40. The van der Waals surface area contributed by atoms with Crippen LogP contribution < -0.4 is 0 Å². The van der Waals surface area contributed by atoms with E-state index in [-0.39, 0.29) is 6.04 Å². The zero-order valence-electron chi connectivity index (χ0n) is 12.8. The fourth-order valence-corrected chi connectivity index (χ4v) is 4.05. The number of piperazine rings is 1. The second kappa shape index (κ2) is 6.72. The van der Waals surface area contributed by atoms with Gasteiger partial charge in [0, 0.05) is 32.2 Å². The van der Waals surface area contributed by atoms with E-state index in [2.05, 4.69) is 36.6 Å². The molecule has 0 amide bonds. The summed E-state index contributed by atoms with van der Waals surface area (Å²) in [5.41, 5.74) is 0. The lowest BCUT2D eigenvalue weighted by Crippen LogP contribution is -2.54. The highest BCUT2D eigenvalue weighted by Crippen LogP contribution is 2.32. The maximum absolute atomic E-state index is 9.16. The quantitative estimate of drug-likeness (QED) is 0.784. The van der Waals surface area contributed by atoms with Gasteiger partial charge >= 0.3 is 0 Å². The zero-order valence-corrected chi connectivity index (χ0v) is 12.8. The Morgan fingerprint density at radius 2 is 1.63 bits per heavy atom. The van der Waals surface area contributed by atoms with E-state index < -0.39 is 0 Å². The summed E-state index contributed by atoms with van der Waals surface area (Å²) in [6, 6.07) is 3.36. The molecule has 1 saturated heterocycles. The molecule has 0 radical (unpaired) electrons. The largest absolute Gasteiger partial charge is 0.298 e. The van der Waals surface area contributed by atoms with Crippen LogP contribution in [0.3, 0.4) is 0 Å². The van der Waals surface area contributed by atoms with Gasteiger partial charge in [-0.2, -0.15) is 5.26 Å². The maximum atomic E-state index is 9.16. The Morgan fingerprint density at radius 3 is 2.11 bits per heavy atom. The molecule has 2 rings (SSSR count). The number of nitrogens with zero attached hydrogens (tertiary/aromatic N) is 3. The molecule has 3 atom stereocenters. The fraction of sp³-hybridized carbons (Fsp3) is 0.938. The van der Waals surface area contributed by atoms with Crippen molar-refractivity contribution in [3.05, 3.63) is 0 Å². The molecule has 1 heterocycles. The van der Waals surface area contributed by atoms with Gasteiger partial charge in [0.15, 0.2) is 0 Å². The van der Waals surface area contributed by atoms with Crippen molar-refractivity contribution in [3.63, 3.8) is 0 Å². The minimum Gasteiger partial charge on any atom is -0.298 e. The normalized spacial score (nSPS) is 35.8. The van der Waals surface area contributed by atoms with E-state index in [9.17, 15) is 0 Å². The third kappa shape index (κ3) is 3.70. The summed E-state index contributed by atoms with van der Waals surface area (Å²) >= 11 is 0. The Hall–Kier alpha value is -0.590. The molecule has 3 unspecified atom stereocenters. The van der Waals surface area contributed by atoms with Gasteiger partial charge in [0.1, 0.15) is 0 Å². The highest BCUT2D eigenvalue weighted by Gasteiger charge is 2.31. The number of nitriles is 1. The lowest BCUT2D eigenvalue weighted by atomic mass is 9.79. The lowest BCUT2D eigenvalue weighted by Gasteiger charge is -2.44. The van der Waals surface area contributed by atoms with E-state index in [0.717, 1.165) is 50.5 Å². The Bertz CT molecular complexity index is 304. The summed E-state index contributed by atoms with van der Waals surface area (Å²) < 4.78 is 0. The summed E-state index contributed by atoms with van der Waals surface area (Å²) in [6.45, 7) is 11.4. The third-order valence-electron chi connectivity index (χ3n) is 5.00. The summed E-state index contributed by atoms with van der Waals surface area (Å²) in [5.74, 6) is 1.77. The van der Waals surface area contributed by atoms with Crippen LogP contribution in [0, 0.1) is 23.2 Å². The molecule has 0 spiro atoms. The van der Waals surface area contributed by atoms with Crippen LogP contribution in [-0.4, -0.2) is 48.1 Å². The number of rotatable bonds is 3. The van der Waals surface area contributed by atoms with E-state index in [1.54, 1.807) is 0 Å². The summed E-state index contributed by atoms with van der Waals surface area (Å²) in [6.07, 6.45) is 5.11. The molecular weight excluding hydrogens is 234 g/mol. The van der Waals surface area contributed by atoms with Gasteiger partial charge in [-0.1, -0.05) is 20.8 Å². The molecule has 1 aliphatic heterocycles. The molecule has 0 aromatic heterocycles. The smallest absolute Gasteiger partial charge is 0.0976 e. The van der Waals surface area contributed by atoms with Crippen molar-refractivity contribution in [1.29, 1.82) is 5.26 Å². The van der Waals surface area contributed by atoms with Crippen LogP contribution in [0.1, 0.15) is 46.5 Å². The van der Waals surface area contributed by atoms with Crippen molar-refractivity contribution in [3.8, 4) is 6.07 Å². The van der Waals surface area contributed by atoms with Crippen molar-refractivity contribution in [1.82, 2.24) is 9.80 Å². The maximum Gasteiger partial charge on any atom is 0.0976 e. The van der Waals surface area contributed by atoms with Crippen molar-refractivity contribution in [2.24, 2.45) is 11.8 Å². The van der Waals surface area contributed by atoms with Gasteiger partial charge in [0.25, 0.3) is 0 Å². The van der Waals surface area contributed by atoms with Crippen LogP contribution in [0.2, 0.25) is 0 Å². The molecule has 0 aromatic carbocycles. The summed E-state index contributed by atoms with van der Waals surface area (Å²) in [7, 11) is 0. The molecule has 0 N–H and O–H groups in total. The molecular formula is C16H29N3. The minimum atomic E-state index is 0.131. The molecule has 0 aromatic rings. The standard InChI is InChI=1S/C16H29N3/c1-4-15(12-17)18-5-7-19(8-6-18)16-10-13(2)9-14(3)11-16/h13-16H,4-11H2,1-3H3. The first-order valence-electron chi connectivity index (χ1n) is 8.01. The van der Waals surface area contributed by atoms with Gasteiger partial charge in [-0.15, -0.1) is 0 Å². The molecule has 3 heteroatoms. The average molecular weight is 263 g/mol. The summed E-state index contributed by atoms with van der Waals surface area (Å²) in [5, 5.41) is 9.16. The van der Waals surface area contributed by atoms with Crippen LogP contribution in [-0.2, 0) is 0 Å². The van der Waals surface area contributed by atoms with Crippen LogP contribution in [0.15, 0.2) is 0 Å². The molecule has 1 aliphatic carbocycles. The predicted octanol–water partition coefficient (Wildman–Crippen LogP) is 2.73. The van der Waals surface area contributed by atoms with Crippen molar-refractivity contribution in [2.45, 2.75) is 58.5 Å². The zero-order chi connectivity index (χ0) is 13.8. The molecule has 108 valence electrons. The monoisotopic (exact) mass is 263 g/mol. The molecule has 1 saturated carbocycles. The van der Waals surface area contributed by atoms with Crippen molar-refractivity contribution >= 4 is 0 Å². The van der Waals surface area contributed by atoms with Gasteiger partial charge in [-0.05, 0) is 37.5 Å². The Kier molecular flexibility index (Phi) is 5.24. The second-order valence-corrected chi connectivity index (χ2v) is 6.70. The summed E-state index contributed by atoms with van der Waals surface area (Å²) in [4.78, 5) is 5.05. The lowest BCUT2D eigenvalue weighted by molar-refractivity contribution is 0.0476. The first-order valence-corrected chi connectivity index (χ1v) is 8.01. The molecule has 3 nitrogen and oxygen atoms in total. The highest BCUT2D eigenvalue weighted by atomic mass is 15.3. The van der Waals surface area contributed by atoms with E-state index in [0.29, 0.717) is 0 Å². The predicted molar refractivity (Wildman–Crippen MR) is 78.8 cm³/mol. The van der Waals surface area contributed by atoms with E-state index in [1.165, 1.54) is 19.3 Å². The van der Waals surface area contributed by atoms with Gasteiger partial charge < -0.3 is 0 Å². The molecule has 2 fully saturated rings. The van der Waals surface area contributed by atoms with Crippen LogP contribution >= 0.6 is 0 Å². The van der Waals surface area contributed by atoms with E-state index in [1.807, 2.05) is 0 Å². The van der Waals surface area contributed by atoms with Crippen LogP contribution in [0.25, 0.3) is 0 Å². The highest BCUT2D eigenvalue weighted by molar-refractivity contribution is 4.94. The van der Waals surface area contributed by atoms with Crippen molar-refractivity contribution in [2.75, 3.05) is 26.2 Å². The van der Waals surface area contributed by atoms with Gasteiger partial charge in [-0.3, -0.25) is 9.80 Å². The van der Waals surface area contributed by atoms with Crippen molar-refractivity contribution < 1.29 is 0 Å². The molecule has 19 heavy (non-hydrogen) atoms. The molecule has 2 aliphatic rings. The molecule has 0 bridgehead atoms. The van der Waals surface area contributed by atoms with Crippen LogP contribution in [0.4, 0.5) is 0 Å². The Balaban J connectivity index is 1.84.